The second-order valence-electron chi connectivity index (χ2n) is 12.5. The molecule has 4 aliphatic rings. The van der Waals surface area contributed by atoms with Crippen molar-refractivity contribution in [3.05, 3.63) is 190 Å². The summed E-state index contributed by atoms with van der Waals surface area (Å²) >= 11 is 1.27. The van der Waals surface area contributed by atoms with Crippen LogP contribution in [0.4, 0.5) is 0 Å². The van der Waals surface area contributed by atoms with Gasteiger partial charge in [-0.05, 0) is 57.3 Å². The van der Waals surface area contributed by atoms with Crippen LogP contribution in [0.25, 0.3) is 21.5 Å². The molecule has 4 aromatic carbocycles. The zero-order valence-electron chi connectivity index (χ0n) is 28.0. The predicted molar refractivity (Wildman–Crippen MR) is 194 cm³/mol. The number of hydrogen-bond donors (Lipinski definition) is 0. The van der Waals surface area contributed by atoms with E-state index in [0.29, 0.717) is 11.8 Å². The van der Waals surface area contributed by atoms with E-state index in [0.717, 1.165) is 12.8 Å². The summed E-state index contributed by atoms with van der Waals surface area (Å²) in [6.45, 7) is 8.55. The fourth-order valence-electron chi connectivity index (χ4n) is 6.83. The van der Waals surface area contributed by atoms with Crippen LogP contribution in [0.2, 0.25) is 0 Å². The van der Waals surface area contributed by atoms with Crippen LogP contribution < -0.4 is 24.8 Å². The van der Waals surface area contributed by atoms with E-state index in [1.807, 2.05) is 0 Å². The fourth-order valence-corrected chi connectivity index (χ4v) is 6.83. The van der Waals surface area contributed by atoms with Gasteiger partial charge in [0.1, 0.15) is 0 Å². The van der Waals surface area contributed by atoms with Gasteiger partial charge in [-0.3, -0.25) is 0 Å². The van der Waals surface area contributed by atoms with Crippen molar-refractivity contribution >= 4 is 24.8 Å². The number of allylic oxidation sites excluding steroid dienone is 16. The van der Waals surface area contributed by atoms with Crippen molar-refractivity contribution in [3.63, 3.8) is 0 Å². The molecule has 4 aromatic rings. The molecule has 240 valence electrons. The molecular weight excluding hydrogens is 790 g/mol. The molecule has 3 heteroatoms. The number of fused-ring (bicyclic) bond motifs is 4. The van der Waals surface area contributed by atoms with Gasteiger partial charge in [-0.25, -0.2) is 0 Å². The standard InChI is InChI=1S/2C21H17.C3H6.2ClH.Hf/c2*1-15-13-17-8-3-5-11-20(21(17)14-15)19-12-6-9-16-7-2-4-10-18(16)19;1-3-2;;;/h2*2-10,12,14,20H,11H2,1H3;1-2H3;2*1H;/q2*-1;;;;+2/p-2. The maximum Gasteiger partial charge on any atom is -1.00 e. The van der Waals surface area contributed by atoms with Gasteiger partial charge in [-0.15, -0.1) is 47.6 Å². The van der Waals surface area contributed by atoms with Crippen LogP contribution in [0.1, 0.15) is 63.5 Å². The molecule has 2 atom stereocenters. The summed E-state index contributed by atoms with van der Waals surface area (Å²) in [7, 11) is 0. The van der Waals surface area contributed by atoms with Crippen LogP contribution in [0.3, 0.4) is 0 Å². The van der Waals surface area contributed by atoms with Crippen molar-refractivity contribution in [1.82, 2.24) is 0 Å². The molecule has 0 heterocycles. The topological polar surface area (TPSA) is 0 Å². The molecule has 0 radical (unpaired) electrons. The SMILES string of the molecule is CC1=[C-]C2=CC=CCC(c3cccc4ccccc34)C2=C1.CC1=[C-]C2=CC=CCC(c3cccc4ccccc34)C2=C1.C[C](C)=[Hf+2].[Cl-].[Cl-]. The third-order valence-corrected chi connectivity index (χ3v) is 8.72. The summed E-state index contributed by atoms with van der Waals surface area (Å²) in [6, 6.07) is 30.6. The Morgan fingerprint density at radius 1 is 0.583 bits per heavy atom. The van der Waals surface area contributed by atoms with Crippen molar-refractivity contribution in [2.75, 3.05) is 0 Å². The summed E-state index contributed by atoms with van der Waals surface area (Å²) in [5, 5.41) is 5.37. The van der Waals surface area contributed by atoms with Crippen LogP contribution in [0.15, 0.2) is 167 Å². The quantitative estimate of drug-likeness (QED) is 0.179. The molecule has 0 bridgehead atoms. The molecule has 0 nitrogen and oxygen atoms in total. The molecule has 0 N–H and O–H groups in total. The van der Waals surface area contributed by atoms with Gasteiger partial charge in [-0.1, -0.05) is 111 Å². The van der Waals surface area contributed by atoms with E-state index in [1.165, 1.54) is 90.0 Å². The maximum absolute atomic E-state index is 3.48. The first-order valence-electron chi connectivity index (χ1n) is 16.2. The number of hydrogen-bond acceptors (Lipinski definition) is 0. The minimum Gasteiger partial charge on any atom is -1.00 e. The minimum atomic E-state index is 0. The summed E-state index contributed by atoms with van der Waals surface area (Å²) in [5.41, 5.74) is 10.6. The van der Waals surface area contributed by atoms with Crippen molar-refractivity contribution in [2.24, 2.45) is 0 Å². The fraction of sp³-hybridized carbons (Fsp3) is 0.178. The van der Waals surface area contributed by atoms with E-state index in [1.54, 1.807) is 3.26 Å². The van der Waals surface area contributed by atoms with Gasteiger partial charge in [0.25, 0.3) is 0 Å². The van der Waals surface area contributed by atoms with Crippen LogP contribution in [-0.4, -0.2) is 3.26 Å². The van der Waals surface area contributed by atoms with Gasteiger partial charge >= 0.3 is 41.0 Å². The second-order valence-corrected chi connectivity index (χ2v) is 16.1. The van der Waals surface area contributed by atoms with Gasteiger partial charge in [0.2, 0.25) is 0 Å². The summed E-state index contributed by atoms with van der Waals surface area (Å²) in [6.07, 6.45) is 26.9. The molecule has 0 aromatic heterocycles. The summed E-state index contributed by atoms with van der Waals surface area (Å²) < 4.78 is 1.56. The number of rotatable bonds is 2. The van der Waals surface area contributed by atoms with Crippen molar-refractivity contribution in [3.8, 4) is 0 Å². The number of benzene rings is 4. The molecule has 0 amide bonds. The van der Waals surface area contributed by atoms with Crippen LogP contribution in [-0.2, 0) is 23.9 Å². The zero-order valence-corrected chi connectivity index (χ0v) is 33.1. The van der Waals surface area contributed by atoms with E-state index >= 15 is 0 Å². The Hall–Kier alpha value is -3.36. The minimum absolute atomic E-state index is 0. The molecule has 48 heavy (non-hydrogen) atoms. The molecular formula is C45H40Cl2Hf-2. The molecule has 2 unspecified atom stereocenters. The Morgan fingerprint density at radius 3 is 1.38 bits per heavy atom. The van der Waals surface area contributed by atoms with Crippen molar-refractivity contribution in [1.29, 1.82) is 0 Å². The maximum atomic E-state index is 3.48. The largest absolute Gasteiger partial charge is 1.00 e. The summed E-state index contributed by atoms with van der Waals surface area (Å²) in [4.78, 5) is 0. The Kier molecular flexibility index (Phi) is 13.5. The first-order chi connectivity index (χ1) is 22.4. The van der Waals surface area contributed by atoms with E-state index < -0.39 is 0 Å². The van der Waals surface area contributed by atoms with Crippen LogP contribution >= 0.6 is 0 Å². The zero-order chi connectivity index (χ0) is 32.0. The van der Waals surface area contributed by atoms with Gasteiger partial charge < -0.3 is 24.8 Å². The molecule has 8 rings (SSSR count). The van der Waals surface area contributed by atoms with E-state index in [2.05, 4.69) is 173 Å². The smallest absolute Gasteiger partial charge is 1.00 e. The Morgan fingerprint density at radius 2 is 0.958 bits per heavy atom. The molecule has 0 spiro atoms. The van der Waals surface area contributed by atoms with Crippen LogP contribution in [0.5, 0.6) is 0 Å². The Labute approximate surface area is 314 Å². The summed E-state index contributed by atoms with van der Waals surface area (Å²) in [5.74, 6) is 0.845. The van der Waals surface area contributed by atoms with Crippen LogP contribution in [0, 0.1) is 12.2 Å². The third kappa shape index (κ3) is 8.61. The van der Waals surface area contributed by atoms with Crippen molar-refractivity contribution < 1.29 is 48.7 Å². The molecule has 0 saturated carbocycles. The Balaban J connectivity index is 0.000000188. The second kappa shape index (κ2) is 17.3. The van der Waals surface area contributed by atoms with Gasteiger partial charge in [0.05, 0.1) is 0 Å². The predicted octanol–water partition coefficient (Wildman–Crippen LogP) is 5.75. The van der Waals surface area contributed by atoms with E-state index in [9.17, 15) is 0 Å². The molecule has 0 fully saturated rings. The average Bonchev–Trinajstić information content (AvgIpc) is 3.47. The monoisotopic (exact) mass is 830 g/mol. The normalized spacial score (nSPS) is 18.6. The first kappa shape index (κ1) is 37.5. The first-order valence-corrected chi connectivity index (χ1v) is 18.0. The third-order valence-electron chi connectivity index (χ3n) is 8.72. The van der Waals surface area contributed by atoms with Gasteiger partial charge in [0, 0.05) is 0 Å². The van der Waals surface area contributed by atoms with E-state index in [-0.39, 0.29) is 24.8 Å². The van der Waals surface area contributed by atoms with Gasteiger partial charge in [-0.2, -0.15) is 34.4 Å². The Bertz CT molecular complexity index is 1900. The molecule has 4 aliphatic carbocycles. The number of halogens is 2. The van der Waals surface area contributed by atoms with Gasteiger partial charge in [0.15, 0.2) is 0 Å². The molecule has 0 saturated heterocycles. The van der Waals surface area contributed by atoms with Crippen molar-refractivity contribution in [2.45, 2.75) is 52.4 Å². The molecule has 0 aliphatic heterocycles. The van der Waals surface area contributed by atoms with E-state index in [4.69, 9.17) is 0 Å². The average molecular weight is 830 g/mol.